The van der Waals surface area contributed by atoms with Gasteiger partial charge in [0.25, 0.3) is 0 Å². The Labute approximate surface area is 204 Å². The Hall–Kier alpha value is -3.39. The normalized spacial score (nSPS) is 20.0. The molecule has 2 aromatic carbocycles. The lowest BCUT2D eigenvalue weighted by Gasteiger charge is -2.39. The number of carboxylic acid groups (broad SMARTS) is 1. The standard InChI is InChI=1S/C27H31N3O5/c31-25(32)12-11-24(26(33)30-15-14-29-13-5-6-18(29)16-30)28-27(34)35-17-23-21-9-3-1-7-19(21)20-8-2-4-10-22(20)23/h1-4,7-10,18,23-24H,5-6,11-17H2,(H,28,34)(H,31,32). The summed E-state index contributed by atoms with van der Waals surface area (Å²) < 4.78 is 5.61. The molecule has 2 aliphatic heterocycles. The molecule has 0 aromatic heterocycles. The van der Waals surface area contributed by atoms with Crippen molar-refractivity contribution in [3.05, 3.63) is 59.7 Å². The van der Waals surface area contributed by atoms with E-state index in [1.54, 1.807) is 4.90 Å². The van der Waals surface area contributed by atoms with Gasteiger partial charge in [-0.15, -0.1) is 0 Å². The number of aliphatic carboxylic acids is 1. The summed E-state index contributed by atoms with van der Waals surface area (Å²) in [6.45, 7) is 3.22. The molecule has 0 saturated carbocycles. The number of ether oxygens (including phenoxy) is 1. The molecule has 0 spiro atoms. The van der Waals surface area contributed by atoms with Crippen LogP contribution in [-0.4, -0.2) is 77.7 Å². The van der Waals surface area contributed by atoms with E-state index >= 15 is 0 Å². The van der Waals surface area contributed by atoms with Gasteiger partial charge in [0.2, 0.25) is 5.91 Å². The molecule has 0 radical (unpaired) electrons. The minimum Gasteiger partial charge on any atom is -0.481 e. The molecule has 8 heteroatoms. The van der Waals surface area contributed by atoms with Crippen molar-refractivity contribution in [2.24, 2.45) is 0 Å². The molecule has 5 rings (SSSR count). The van der Waals surface area contributed by atoms with E-state index in [0.29, 0.717) is 19.1 Å². The van der Waals surface area contributed by atoms with E-state index in [0.717, 1.165) is 48.2 Å². The molecule has 2 fully saturated rings. The second-order valence-corrected chi connectivity index (χ2v) is 9.57. The predicted molar refractivity (Wildman–Crippen MR) is 130 cm³/mol. The molecule has 3 aliphatic rings. The Morgan fingerprint density at radius 1 is 1.00 bits per heavy atom. The van der Waals surface area contributed by atoms with Crippen molar-refractivity contribution < 1.29 is 24.2 Å². The van der Waals surface area contributed by atoms with Gasteiger partial charge in [0.05, 0.1) is 0 Å². The molecule has 0 bridgehead atoms. The number of rotatable bonds is 7. The second-order valence-electron chi connectivity index (χ2n) is 9.57. The quantitative estimate of drug-likeness (QED) is 0.636. The van der Waals surface area contributed by atoms with E-state index in [-0.39, 0.29) is 31.3 Å². The molecule has 2 aromatic rings. The van der Waals surface area contributed by atoms with Crippen molar-refractivity contribution in [3.8, 4) is 11.1 Å². The number of carbonyl (C=O) groups excluding carboxylic acids is 2. The van der Waals surface area contributed by atoms with Crippen molar-refractivity contribution in [1.82, 2.24) is 15.1 Å². The highest BCUT2D eigenvalue weighted by molar-refractivity contribution is 5.86. The zero-order chi connectivity index (χ0) is 24.4. The Bertz CT molecular complexity index is 1070. The highest BCUT2D eigenvalue weighted by Crippen LogP contribution is 2.44. The first-order valence-corrected chi connectivity index (χ1v) is 12.4. The number of hydrogen-bond donors (Lipinski definition) is 2. The monoisotopic (exact) mass is 477 g/mol. The summed E-state index contributed by atoms with van der Waals surface area (Å²) in [5.74, 6) is -1.32. The largest absolute Gasteiger partial charge is 0.481 e. The third-order valence-corrected chi connectivity index (χ3v) is 7.48. The fraction of sp³-hybridized carbons (Fsp3) is 0.444. The Morgan fingerprint density at radius 2 is 1.69 bits per heavy atom. The molecule has 2 saturated heterocycles. The van der Waals surface area contributed by atoms with Crippen LogP contribution in [0.4, 0.5) is 4.79 Å². The fourth-order valence-electron chi connectivity index (χ4n) is 5.72. The molecule has 184 valence electrons. The summed E-state index contributed by atoms with van der Waals surface area (Å²) >= 11 is 0. The van der Waals surface area contributed by atoms with E-state index in [9.17, 15) is 14.4 Å². The first kappa shape index (κ1) is 23.4. The summed E-state index contributed by atoms with van der Waals surface area (Å²) in [6, 6.07) is 15.6. The zero-order valence-electron chi connectivity index (χ0n) is 19.7. The fourth-order valence-corrected chi connectivity index (χ4v) is 5.72. The summed E-state index contributed by atoms with van der Waals surface area (Å²) in [5.41, 5.74) is 4.49. The lowest BCUT2D eigenvalue weighted by atomic mass is 9.98. The zero-order valence-corrected chi connectivity index (χ0v) is 19.7. The number of amides is 2. The Balaban J connectivity index is 1.24. The number of hydrogen-bond acceptors (Lipinski definition) is 5. The molecular formula is C27H31N3O5. The first-order chi connectivity index (χ1) is 17.0. The minimum atomic E-state index is -1.00. The maximum absolute atomic E-state index is 13.3. The third kappa shape index (κ3) is 4.89. The molecule has 2 amide bonds. The van der Waals surface area contributed by atoms with Gasteiger partial charge in [0.1, 0.15) is 12.6 Å². The second kappa shape index (κ2) is 10.1. The van der Waals surface area contributed by atoms with Gasteiger partial charge in [-0.25, -0.2) is 4.79 Å². The summed E-state index contributed by atoms with van der Waals surface area (Å²) in [5, 5.41) is 11.8. The summed E-state index contributed by atoms with van der Waals surface area (Å²) in [4.78, 5) is 41.4. The highest BCUT2D eigenvalue weighted by Gasteiger charge is 2.36. The van der Waals surface area contributed by atoms with Crippen LogP contribution in [0.3, 0.4) is 0 Å². The molecule has 2 heterocycles. The lowest BCUT2D eigenvalue weighted by molar-refractivity contribution is -0.138. The number of carboxylic acids is 1. The summed E-state index contributed by atoms with van der Waals surface area (Å²) in [7, 11) is 0. The molecule has 1 aliphatic carbocycles. The first-order valence-electron chi connectivity index (χ1n) is 12.4. The SMILES string of the molecule is O=C(O)CCC(NC(=O)OCC1c2ccccc2-c2ccccc21)C(=O)N1CCN2CCCC2C1. The van der Waals surface area contributed by atoms with Crippen LogP contribution in [0.2, 0.25) is 0 Å². The number of benzene rings is 2. The van der Waals surface area contributed by atoms with Gasteiger partial charge in [-0.05, 0) is 48.1 Å². The van der Waals surface area contributed by atoms with Crippen LogP contribution < -0.4 is 5.32 Å². The van der Waals surface area contributed by atoms with E-state index < -0.39 is 18.1 Å². The van der Waals surface area contributed by atoms with E-state index in [2.05, 4.69) is 22.3 Å². The molecular weight excluding hydrogens is 446 g/mol. The van der Waals surface area contributed by atoms with Crippen LogP contribution >= 0.6 is 0 Å². The van der Waals surface area contributed by atoms with Crippen LogP contribution in [0, 0.1) is 0 Å². The summed E-state index contributed by atoms with van der Waals surface area (Å²) in [6.07, 6.45) is 1.32. The van der Waals surface area contributed by atoms with Crippen LogP contribution in [-0.2, 0) is 14.3 Å². The van der Waals surface area contributed by atoms with Gasteiger partial charge in [-0.2, -0.15) is 0 Å². The maximum atomic E-state index is 13.3. The number of nitrogens with zero attached hydrogens (tertiary/aromatic N) is 2. The maximum Gasteiger partial charge on any atom is 0.407 e. The van der Waals surface area contributed by atoms with Crippen LogP contribution in [0.25, 0.3) is 11.1 Å². The van der Waals surface area contributed by atoms with Crippen molar-refractivity contribution in [3.63, 3.8) is 0 Å². The topological polar surface area (TPSA) is 99.2 Å². The van der Waals surface area contributed by atoms with Crippen molar-refractivity contribution in [1.29, 1.82) is 0 Å². The van der Waals surface area contributed by atoms with Gasteiger partial charge in [0, 0.05) is 38.0 Å². The van der Waals surface area contributed by atoms with Gasteiger partial charge >= 0.3 is 12.1 Å². The number of piperazine rings is 1. The van der Waals surface area contributed by atoms with Crippen LogP contribution in [0.5, 0.6) is 0 Å². The number of alkyl carbamates (subject to hydrolysis) is 1. The third-order valence-electron chi connectivity index (χ3n) is 7.48. The molecule has 2 atom stereocenters. The van der Waals surface area contributed by atoms with E-state index in [1.165, 1.54) is 0 Å². The Morgan fingerprint density at radius 3 is 2.37 bits per heavy atom. The van der Waals surface area contributed by atoms with Gasteiger partial charge in [-0.1, -0.05) is 48.5 Å². The molecule has 35 heavy (non-hydrogen) atoms. The van der Waals surface area contributed by atoms with E-state index in [4.69, 9.17) is 9.84 Å². The molecule has 2 unspecified atom stereocenters. The average molecular weight is 478 g/mol. The highest BCUT2D eigenvalue weighted by atomic mass is 16.5. The van der Waals surface area contributed by atoms with Gasteiger partial charge in [0.15, 0.2) is 0 Å². The van der Waals surface area contributed by atoms with Gasteiger partial charge < -0.3 is 20.1 Å². The minimum absolute atomic E-state index is 0.0310. The van der Waals surface area contributed by atoms with Crippen molar-refractivity contribution in [2.45, 2.75) is 43.7 Å². The van der Waals surface area contributed by atoms with Gasteiger partial charge in [-0.3, -0.25) is 14.5 Å². The smallest absolute Gasteiger partial charge is 0.407 e. The molecule has 8 nitrogen and oxygen atoms in total. The predicted octanol–water partition coefficient (Wildman–Crippen LogP) is 3.07. The Kier molecular flexibility index (Phi) is 6.72. The van der Waals surface area contributed by atoms with Crippen molar-refractivity contribution in [2.75, 3.05) is 32.8 Å². The number of nitrogens with one attached hydrogen (secondary N) is 1. The number of carbonyl (C=O) groups is 3. The van der Waals surface area contributed by atoms with E-state index in [1.807, 2.05) is 36.4 Å². The van der Waals surface area contributed by atoms with Crippen LogP contribution in [0.1, 0.15) is 42.7 Å². The average Bonchev–Trinajstić information content (AvgIpc) is 3.47. The molecule has 2 N–H and O–H groups in total. The van der Waals surface area contributed by atoms with Crippen molar-refractivity contribution >= 4 is 18.0 Å². The lowest BCUT2D eigenvalue weighted by Crippen LogP contribution is -2.57. The number of fused-ring (bicyclic) bond motifs is 4. The van der Waals surface area contributed by atoms with Crippen LogP contribution in [0.15, 0.2) is 48.5 Å².